The fourth-order valence-electron chi connectivity index (χ4n) is 3.46. The Morgan fingerprint density at radius 1 is 1.07 bits per heavy atom. The minimum absolute atomic E-state index is 0.244. The van der Waals surface area contributed by atoms with Crippen molar-refractivity contribution in [3.05, 3.63) is 42.7 Å². The minimum atomic E-state index is 0.244. The van der Waals surface area contributed by atoms with Gasteiger partial charge in [0.15, 0.2) is 11.6 Å². The molecule has 3 aromatic rings. The van der Waals surface area contributed by atoms with Gasteiger partial charge in [-0.05, 0) is 30.2 Å². The fraction of sp³-hybridized carbons (Fsp3) is 0.381. The second-order valence-corrected chi connectivity index (χ2v) is 7.33. The van der Waals surface area contributed by atoms with Crippen molar-refractivity contribution < 1.29 is 9.21 Å². The number of rotatable bonds is 4. The molecular formula is C21H24N4O2. The maximum absolute atomic E-state index is 12.3. The van der Waals surface area contributed by atoms with Crippen molar-refractivity contribution in [2.45, 2.75) is 20.3 Å². The van der Waals surface area contributed by atoms with Gasteiger partial charge >= 0.3 is 0 Å². The molecule has 4 rings (SSSR count). The Morgan fingerprint density at radius 2 is 1.85 bits per heavy atom. The van der Waals surface area contributed by atoms with Gasteiger partial charge in [0.05, 0.1) is 11.8 Å². The van der Waals surface area contributed by atoms with Crippen LogP contribution in [-0.2, 0) is 4.79 Å². The lowest BCUT2D eigenvalue weighted by Gasteiger charge is -2.36. The maximum atomic E-state index is 12.3. The summed E-state index contributed by atoms with van der Waals surface area (Å²) in [4.78, 5) is 26.0. The third-order valence-electron chi connectivity index (χ3n) is 4.84. The first-order chi connectivity index (χ1) is 13.1. The highest BCUT2D eigenvalue weighted by molar-refractivity contribution is 5.91. The molecule has 27 heavy (non-hydrogen) atoms. The van der Waals surface area contributed by atoms with Crippen LogP contribution in [0.2, 0.25) is 0 Å². The predicted octanol–water partition coefficient (Wildman–Crippen LogP) is 3.58. The van der Waals surface area contributed by atoms with Gasteiger partial charge in [0.1, 0.15) is 5.82 Å². The van der Waals surface area contributed by atoms with Crippen molar-refractivity contribution in [3.8, 4) is 11.6 Å². The van der Waals surface area contributed by atoms with Gasteiger partial charge in [-0.25, -0.2) is 9.97 Å². The average Bonchev–Trinajstić information content (AvgIpc) is 3.21. The predicted molar refractivity (Wildman–Crippen MR) is 105 cm³/mol. The number of anilines is 1. The summed E-state index contributed by atoms with van der Waals surface area (Å²) >= 11 is 0. The summed E-state index contributed by atoms with van der Waals surface area (Å²) in [6.07, 6.45) is 2.24. The van der Waals surface area contributed by atoms with Gasteiger partial charge in [0.2, 0.25) is 5.91 Å². The monoisotopic (exact) mass is 364 g/mol. The van der Waals surface area contributed by atoms with Crippen LogP contribution in [0, 0.1) is 5.92 Å². The zero-order valence-electron chi connectivity index (χ0n) is 15.8. The quantitative estimate of drug-likeness (QED) is 0.708. The first-order valence-electron chi connectivity index (χ1n) is 9.45. The number of para-hydroxylation sites is 1. The molecule has 3 heterocycles. The lowest BCUT2D eigenvalue weighted by Crippen LogP contribution is -2.49. The maximum Gasteiger partial charge on any atom is 0.222 e. The molecule has 1 aliphatic rings. The van der Waals surface area contributed by atoms with E-state index >= 15 is 0 Å². The number of benzene rings is 1. The van der Waals surface area contributed by atoms with Crippen molar-refractivity contribution in [1.29, 1.82) is 0 Å². The molecule has 0 bridgehead atoms. The summed E-state index contributed by atoms with van der Waals surface area (Å²) in [6, 6.07) is 11.7. The van der Waals surface area contributed by atoms with E-state index in [1.165, 1.54) is 0 Å². The molecule has 0 saturated carbocycles. The molecule has 1 aliphatic heterocycles. The lowest BCUT2D eigenvalue weighted by atomic mass is 10.1. The number of piperazine rings is 1. The van der Waals surface area contributed by atoms with Gasteiger partial charge in [0.25, 0.3) is 0 Å². The van der Waals surface area contributed by atoms with Crippen LogP contribution >= 0.6 is 0 Å². The Balaban J connectivity index is 1.61. The zero-order valence-corrected chi connectivity index (χ0v) is 15.8. The second kappa shape index (κ2) is 7.39. The third-order valence-corrected chi connectivity index (χ3v) is 4.84. The molecule has 1 amide bonds. The van der Waals surface area contributed by atoms with Crippen molar-refractivity contribution in [2.75, 3.05) is 31.1 Å². The van der Waals surface area contributed by atoms with Gasteiger partial charge < -0.3 is 14.2 Å². The van der Waals surface area contributed by atoms with E-state index in [2.05, 4.69) is 23.7 Å². The van der Waals surface area contributed by atoms with Crippen LogP contribution in [0.5, 0.6) is 0 Å². The highest BCUT2D eigenvalue weighted by atomic mass is 16.3. The van der Waals surface area contributed by atoms with E-state index in [0.29, 0.717) is 23.9 Å². The van der Waals surface area contributed by atoms with Gasteiger partial charge in [-0.15, -0.1) is 0 Å². The number of amides is 1. The molecule has 0 unspecified atom stereocenters. The molecule has 0 atom stereocenters. The number of carbonyl (C=O) groups excluding carboxylic acids is 1. The van der Waals surface area contributed by atoms with Crippen molar-refractivity contribution in [2.24, 2.45) is 5.92 Å². The highest BCUT2D eigenvalue weighted by Crippen LogP contribution is 2.28. The molecule has 2 aromatic heterocycles. The topological polar surface area (TPSA) is 62.5 Å². The standard InChI is InChI=1S/C21H24N4O2/c1-15(2)14-19(26)24-9-11-25(12-10-24)21-16-6-3-4-7-17(16)22-20(23-21)18-8-5-13-27-18/h3-8,13,15H,9-12,14H2,1-2H3. The number of hydrogen-bond donors (Lipinski definition) is 0. The van der Waals surface area contributed by atoms with Crippen LogP contribution < -0.4 is 4.90 Å². The van der Waals surface area contributed by atoms with Crippen LogP contribution in [0.25, 0.3) is 22.5 Å². The Morgan fingerprint density at radius 3 is 2.56 bits per heavy atom. The molecule has 0 aliphatic carbocycles. The molecule has 1 fully saturated rings. The van der Waals surface area contributed by atoms with Gasteiger partial charge in [-0.1, -0.05) is 26.0 Å². The molecule has 0 radical (unpaired) electrons. The first kappa shape index (κ1) is 17.5. The Bertz CT molecular complexity index is 929. The first-order valence-corrected chi connectivity index (χ1v) is 9.45. The van der Waals surface area contributed by atoms with E-state index < -0.39 is 0 Å². The van der Waals surface area contributed by atoms with Gasteiger partial charge in [0, 0.05) is 38.0 Å². The molecule has 6 nitrogen and oxygen atoms in total. The summed E-state index contributed by atoms with van der Waals surface area (Å²) in [7, 11) is 0. The van der Waals surface area contributed by atoms with Crippen molar-refractivity contribution >= 4 is 22.6 Å². The van der Waals surface area contributed by atoms with E-state index in [-0.39, 0.29) is 5.91 Å². The minimum Gasteiger partial charge on any atom is -0.461 e. The van der Waals surface area contributed by atoms with Crippen molar-refractivity contribution in [1.82, 2.24) is 14.9 Å². The number of hydrogen-bond acceptors (Lipinski definition) is 5. The van der Waals surface area contributed by atoms with E-state index in [1.807, 2.05) is 41.3 Å². The van der Waals surface area contributed by atoms with Crippen LogP contribution in [0.3, 0.4) is 0 Å². The Labute approximate surface area is 158 Å². The number of fused-ring (bicyclic) bond motifs is 1. The number of furan rings is 1. The molecule has 6 heteroatoms. The largest absolute Gasteiger partial charge is 0.461 e. The lowest BCUT2D eigenvalue weighted by molar-refractivity contribution is -0.132. The molecular weight excluding hydrogens is 340 g/mol. The number of carbonyl (C=O) groups is 1. The third kappa shape index (κ3) is 3.65. The van der Waals surface area contributed by atoms with Gasteiger partial charge in [-0.3, -0.25) is 4.79 Å². The summed E-state index contributed by atoms with van der Waals surface area (Å²) in [6.45, 7) is 7.14. The average molecular weight is 364 g/mol. The SMILES string of the molecule is CC(C)CC(=O)N1CCN(c2nc(-c3ccco3)nc3ccccc23)CC1. The second-order valence-electron chi connectivity index (χ2n) is 7.33. The summed E-state index contributed by atoms with van der Waals surface area (Å²) in [5.74, 6) is 2.79. The van der Waals surface area contributed by atoms with E-state index in [9.17, 15) is 4.79 Å². The van der Waals surface area contributed by atoms with E-state index in [1.54, 1.807) is 6.26 Å². The van der Waals surface area contributed by atoms with Crippen LogP contribution in [0.1, 0.15) is 20.3 Å². The highest BCUT2D eigenvalue weighted by Gasteiger charge is 2.24. The van der Waals surface area contributed by atoms with Crippen LogP contribution in [0.4, 0.5) is 5.82 Å². The molecule has 1 aromatic carbocycles. The molecule has 1 saturated heterocycles. The number of aromatic nitrogens is 2. The molecule has 0 spiro atoms. The summed E-state index contributed by atoms with van der Waals surface area (Å²) < 4.78 is 5.50. The summed E-state index contributed by atoms with van der Waals surface area (Å²) in [5.41, 5.74) is 0.896. The number of nitrogens with zero attached hydrogens (tertiary/aromatic N) is 4. The van der Waals surface area contributed by atoms with E-state index in [0.717, 1.165) is 42.9 Å². The van der Waals surface area contributed by atoms with Crippen LogP contribution in [-0.4, -0.2) is 47.0 Å². The van der Waals surface area contributed by atoms with Crippen LogP contribution in [0.15, 0.2) is 47.1 Å². The van der Waals surface area contributed by atoms with Gasteiger partial charge in [-0.2, -0.15) is 0 Å². The molecule has 0 N–H and O–H groups in total. The Kier molecular flexibility index (Phi) is 4.79. The normalized spacial score (nSPS) is 14.9. The Hall–Kier alpha value is -2.89. The van der Waals surface area contributed by atoms with Crippen molar-refractivity contribution in [3.63, 3.8) is 0 Å². The smallest absolute Gasteiger partial charge is 0.222 e. The zero-order chi connectivity index (χ0) is 18.8. The van der Waals surface area contributed by atoms with E-state index in [4.69, 9.17) is 9.40 Å². The fourth-order valence-corrected chi connectivity index (χ4v) is 3.46. The summed E-state index contributed by atoms with van der Waals surface area (Å²) in [5, 5.41) is 1.02. The molecule has 140 valence electrons.